The molecule has 19 heavy (non-hydrogen) atoms. The van der Waals surface area contributed by atoms with Crippen LogP contribution < -0.4 is 5.32 Å². The minimum Gasteiger partial charge on any atom is -0.479 e. The molecule has 0 spiro atoms. The molecule has 0 aliphatic carbocycles. The van der Waals surface area contributed by atoms with E-state index in [-0.39, 0.29) is 24.0 Å². The number of carboxylic acid groups (broad SMARTS) is 1. The number of likely N-dealkylation sites (N-methyl/N-ethyl adjacent to an activating group) is 1. The van der Waals surface area contributed by atoms with Gasteiger partial charge in [-0.15, -0.1) is 0 Å². The van der Waals surface area contributed by atoms with Crippen LogP contribution in [0.5, 0.6) is 0 Å². The first-order valence-electron chi connectivity index (χ1n) is 6.08. The summed E-state index contributed by atoms with van der Waals surface area (Å²) in [5, 5.41) is 14.9. The molecule has 0 unspecified atom stereocenters. The molecule has 0 fully saturated rings. The molecule has 0 aromatic rings. The summed E-state index contributed by atoms with van der Waals surface area (Å²) in [4.78, 5) is 25.8. The highest BCUT2D eigenvalue weighted by Gasteiger charge is 2.25. The Morgan fingerprint density at radius 2 is 2.05 bits per heavy atom. The fraction of sp³-hybridized carbons (Fsp3) is 0.750. The van der Waals surface area contributed by atoms with Crippen molar-refractivity contribution in [1.82, 2.24) is 5.32 Å². The highest BCUT2D eigenvalue weighted by atomic mass is 16.6. The fourth-order valence-electron chi connectivity index (χ4n) is 1.56. The molecule has 7 heteroatoms. The van der Waals surface area contributed by atoms with Gasteiger partial charge < -0.3 is 20.0 Å². The average Bonchev–Trinajstić information content (AvgIpc) is 2.33. The second-order valence-electron chi connectivity index (χ2n) is 4.32. The van der Waals surface area contributed by atoms with Crippen molar-refractivity contribution in [2.45, 2.75) is 39.3 Å². The third kappa shape index (κ3) is 8.15. The summed E-state index contributed by atoms with van der Waals surface area (Å²) < 4.78 is 5.26. The van der Waals surface area contributed by atoms with E-state index in [1.165, 1.54) is 13.1 Å². The Kier molecular flexibility index (Phi) is 8.52. The predicted octanol–water partition coefficient (Wildman–Crippen LogP) is 0.639. The standard InChI is InChI=1S/C12H22N2O5/c1-8(5-6-14-18-7-11(16)17)12(9(2)13-4)19-10(3)15/h6,8-9,12-13H,5,7H2,1-4H3,(H,16,17)/t8-,9+,12-/m1/s1. The number of oxime groups is 1. The number of esters is 1. The Labute approximate surface area is 112 Å². The Bertz CT molecular complexity index is 319. The lowest BCUT2D eigenvalue weighted by atomic mass is 9.96. The number of aliphatic carboxylic acids is 1. The van der Waals surface area contributed by atoms with Gasteiger partial charge in [0.05, 0.1) is 0 Å². The maximum absolute atomic E-state index is 11.1. The Morgan fingerprint density at radius 3 is 2.53 bits per heavy atom. The summed E-state index contributed by atoms with van der Waals surface area (Å²) in [5.41, 5.74) is 0. The first kappa shape index (κ1) is 17.4. The number of ether oxygens (including phenoxy) is 1. The van der Waals surface area contributed by atoms with Crippen LogP contribution in [0.15, 0.2) is 5.16 Å². The highest BCUT2D eigenvalue weighted by Crippen LogP contribution is 2.15. The van der Waals surface area contributed by atoms with Gasteiger partial charge in [0.15, 0.2) is 0 Å². The smallest absolute Gasteiger partial charge is 0.344 e. The molecular formula is C12H22N2O5. The first-order chi connectivity index (χ1) is 8.88. The quantitative estimate of drug-likeness (QED) is 0.364. The molecule has 0 rings (SSSR count). The summed E-state index contributed by atoms with van der Waals surface area (Å²) in [7, 11) is 1.79. The van der Waals surface area contributed by atoms with Gasteiger partial charge in [0.1, 0.15) is 6.10 Å². The summed E-state index contributed by atoms with van der Waals surface area (Å²) >= 11 is 0. The number of carbonyl (C=O) groups excluding carboxylic acids is 1. The molecule has 0 saturated heterocycles. The van der Waals surface area contributed by atoms with Crippen LogP contribution in [0.25, 0.3) is 0 Å². The molecular weight excluding hydrogens is 252 g/mol. The van der Waals surface area contributed by atoms with E-state index in [0.29, 0.717) is 6.42 Å². The lowest BCUT2D eigenvalue weighted by Gasteiger charge is -2.28. The lowest BCUT2D eigenvalue weighted by Crippen LogP contribution is -2.42. The van der Waals surface area contributed by atoms with Gasteiger partial charge in [-0.3, -0.25) is 4.79 Å². The SMILES string of the molecule is CN[C@@H](C)[C@H](OC(C)=O)[C@H](C)CC=NOCC(=O)O. The van der Waals surface area contributed by atoms with E-state index in [2.05, 4.69) is 15.3 Å². The summed E-state index contributed by atoms with van der Waals surface area (Å²) in [6.45, 7) is 4.74. The van der Waals surface area contributed by atoms with E-state index >= 15 is 0 Å². The molecule has 0 radical (unpaired) electrons. The van der Waals surface area contributed by atoms with Crippen molar-refractivity contribution >= 4 is 18.2 Å². The third-order valence-electron chi connectivity index (χ3n) is 2.63. The maximum Gasteiger partial charge on any atom is 0.344 e. The summed E-state index contributed by atoms with van der Waals surface area (Å²) in [6.07, 6.45) is 1.71. The van der Waals surface area contributed by atoms with Gasteiger partial charge in [0.25, 0.3) is 0 Å². The van der Waals surface area contributed by atoms with Crippen LogP contribution in [0.2, 0.25) is 0 Å². The topological polar surface area (TPSA) is 97.2 Å². The maximum atomic E-state index is 11.1. The van der Waals surface area contributed by atoms with Gasteiger partial charge in [-0.2, -0.15) is 0 Å². The molecule has 3 atom stereocenters. The van der Waals surface area contributed by atoms with E-state index in [9.17, 15) is 9.59 Å². The normalized spacial score (nSPS) is 15.8. The minimum atomic E-state index is -1.08. The Balaban J connectivity index is 4.27. The molecule has 7 nitrogen and oxygen atoms in total. The van der Waals surface area contributed by atoms with Crippen LogP contribution in [0.1, 0.15) is 27.2 Å². The van der Waals surface area contributed by atoms with Gasteiger partial charge in [0.2, 0.25) is 6.61 Å². The number of carbonyl (C=O) groups is 2. The van der Waals surface area contributed by atoms with E-state index in [4.69, 9.17) is 9.84 Å². The van der Waals surface area contributed by atoms with Crippen molar-refractivity contribution in [1.29, 1.82) is 0 Å². The van der Waals surface area contributed by atoms with Gasteiger partial charge in [-0.1, -0.05) is 12.1 Å². The molecule has 0 saturated carbocycles. The van der Waals surface area contributed by atoms with Gasteiger partial charge >= 0.3 is 11.9 Å². The molecule has 0 aliphatic heterocycles. The zero-order valence-electron chi connectivity index (χ0n) is 11.8. The minimum absolute atomic E-state index is 0.00670. The molecule has 0 amide bonds. The first-order valence-corrected chi connectivity index (χ1v) is 6.08. The summed E-state index contributed by atoms with van der Waals surface area (Å²) in [6, 6.07) is 0.00670. The van der Waals surface area contributed by atoms with Gasteiger partial charge in [-0.25, -0.2) is 4.79 Å². The van der Waals surface area contributed by atoms with Gasteiger partial charge in [0, 0.05) is 19.2 Å². The lowest BCUT2D eigenvalue weighted by molar-refractivity contribution is -0.150. The second kappa shape index (κ2) is 9.32. The van der Waals surface area contributed by atoms with E-state index in [1.807, 2.05) is 13.8 Å². The number of hydrogen-bond donors (Lipinski definition) is 2. The van der Waals surface area contributed by atoms with E-state index in [1.54, 1.807) is 7.05 Å². The fourth-order valence-corrected chi connectivity index (χ4v) is 1.56. The molecule has 110 valence electrons. The van der Waals surface area contributed by atoms with Crippen LogP contribution >= 0.6 is 0 Å². The van der Waals surface area contributed by atoms with Gasteiger partial charge in [-0.05, 0) is 26.3 Å². The molecule has 0 heterocycles. The van der Waals surface area contributed by atoms with Crippen molar-refractivity contribution in [2.75, 3.05) is 13.7 Å². The van der Waals surface area contributed by atoms with Crippen molar-refractivity contribution < 1.29 is 24.3 Å². The van der Waals surface area contributed by atoms with Crippen molar-refractivity contribution in [3.05, 3.63) is 0 Å². The molecule has 0 bridgehead atoms. The highest BCUT2D eigenvalue weighted by molar-refractivity contribution is 5.68. The van der Waals surface area contributed by atoms with Crippen LogP contribution in [0, 0.1) is 5.92 Å². The number of nitrogens with one attached hydrogen (secondary N) is 1. The zero-order valence-corrected chi connectivity index (χ0v) is 11.8. The van der Waals surface area contributed by atoms with Crippen LogP contribution in [-0.4, -0.2) is 49.1 Å². The zero-order chi connectivity index (χ0) is 14.8. The number of rotatable bonds is 9. The van der Waals surface area contributed by atoms with Crippen molar-refractivity contribution in [3.8, 4) is 0 Å². The molecule has 0 aromatic heterocycles. The number of hydrogen-bond acceptors (Lipinski definition) is 6. The average molecular weight is 274 g/mol. The summed E-state index contributed by atoms with van der Waals surface area (Å²) in [5.74, 6) is -1.38. The van der Waals surface area contributed by atoms with E-state index in [0.717, 1.165) is 0 Å². The van der Waals surface area contributed by atoms with Crippen LogP contribution in [0.4, 0.5) is 0 Å². The Hall–Kier alpha value is -1.63. The number of nitrogens with zero attached hydrogens (tertiary/aromatic N) is 1. The largest absolute Gasteiger partial charge is 0.479 e. The molecule has 2 N–H and O–H groups in total. The Morgan fingerprint density at radius 1 is 1.42 bits per heavy atom. The van der Waals surface area contributed by atoms with Crippen molar-refractivity contribution in [3.63, 3.8) is 0 Å². The van der Waals surface area contributed by atoms with Crippen LogP contribution in [-0.2, 0) is 19.2 Å². The molecule has 0 aromatic carbocycles. The number of carboxylic acids is 1. The van der Waals surface area contributed by atoms with Crippen LogP contribution in [0.3, 0.4) is 0 Å². The third-order valence-corrected chi connectivity index (χ3v) is 2.63. The second-order valence-corrected chi connectivity index (χ2v) is 4.32. The van der Waals surface area contributed by atoms with E-state index < -0.39 is 12.6 Å². The molecule has 0 aliphatic rings. The van der Waals surface area contributed by atoms with Crippen molar-refractivity contribution in [2.24, 2.45) is 11.1 Å². The predicted molar refractivity (Wildman–Crippen MR) is 69.9 cm³/mol. The monoisotopic (exact) mass is 274 g/mol.